The Kier molecular flexibility index (Phi) is 4.95. The molecule has 1 saturated carbocycles. The third-order valence-electron chi connectivity index (χ3n) is 4.05. The maximum atomic E-state index is 14.0. The number of hydrogen-bond donors (Lipinski definition) is 2. The van der Waals surface area contributed by atoms with E-state index < -0.39 is 38.7 Å². The van der Waals surface area contributed by atoms with Crippen molar-refractivity contribution in [2.45, 2.75) is 50.2 Å². The molecule has 0 aliphatic heterocycles. The quantitative estimate of drug-likeness (QED) is 0.875. The van der Waals surface area contributed by atoms with Crippen LogP contribution in [-0.2, 0) is 16.6 Å². The molecule has 118 valence electrons. The summed E-state index contributed by atoms with van der Waals surface area (Å²) in [4.78, 5) is -0.627. The second kappa shape index (κ2) is 6.37. The van der Waals surface area contributed by atoms with Crippen LogP contribution in [-0.4, -0.2) is 19.6 Å². The van der Waals surface area contributed by atoms with E-state index in [0.717, 1.165) is 37.8 Å². The topological polar surface area (TPSA) is 66.4 Å². The summed E-state index contributed by atoms with van der Waals surface area (Å²) in [5.41, 5.74) is -0.633. The van der Waals surface area contributed by atoms with Gasteiger partial charge in [0.2, 0.25) is 10.0 Å². The van der Waals surface area contributed by atoms with Crippen LogP contribution in [0.2, 0.25) is 0 Å². The predicted octanol–water partition coefficient (Wildman–Crippen LogP) is 2.31. The van der Waals surface area contributed by atoms with Gasteiger partial charge in [-0.2, -0.15) is 0 Å². The van der Waals surface area contributed by atoms with Gasteiger partial charge in [-0.1, -0.05) is 12.8 Å². The van der Waals surface area contributed by atoms with E-state index in [0.29, 0.717) is 0 Å². The summed E-state index contributed by atoms with van der Waals surface area (Å²) in [5.74, 6) is -1.96. The zero-order chi connectivity index (χ0) is 15.6. The molecule has 0 spiro atoms. The van der Waals surface area contributed by atoms with Crippen molar-refractivity contribution in [1.29, 1.82) is 0 Å². The number of benzene rings is 1. The summed E-state index contributed by atoms with van der Waals surface area (Å²) in [5, 5.41) is 8.95. The van der Waals surface area contributed by atoms with Crippen LogP contribution < -0.4 is 4.72 Å². The second-order valence-corrected chi connectivity index (χ2v) is 7.13. The Morgan fingerprint density at radius 3 is 2.52 bits per heavy atom. The molecule has 2 rings (SSSR count). The van der Waals surface area contributed by atoms with Crippen LogP contribution in [0.4, 0.5) is 8.78 Å². The van der Waals surface area contributed by atoms with Gasteiger partial charge in [-0.25, -0.2) is 21.9 Å². The number of hydrogen-bond acceptors (Lipinski definition) is 3. The van der Waals surface area contributed by atoms with Crippen molar-refractivity contribution in [3.63, 3.8) is 0 Å². The zero-order valence-electron chi connectivity index (χ0n) is 11.8. The van der Waals surface area contributed by atoms with Crippen molar-refractivity contribution >= 4 is 10.0 Å². The van der Waals surface area contributed by atoms with E-state index in [4.69, 9.17) is 5.11 Å². The first-order valence-electron chi connectivity index (χ1n) is 6.97. The third kappa shape index (κ3) is 3.41. The second-order valence-electron chi connectivity index (χ2n) is 5.45. The summed E-state index contributed by atoms with van der Waals surface area (Å²) in [6.07, 6.45) is 4.02. The van der Waals surface area contributed by atoms with Crippen molar-refractivity contribution < 1.29 is 22.3 Å². The van der Waals surface area contributed by atoms with Gasteiger partial charge in [-0.05, 0) is 37.8 Å². The van der Waals surface area contributed by atoms with Gasteiger partial charge in [0.15, 0.2) is 5.82 Å². The van der Waals surface area contributed by atoms with E-state index in [1.807, 2.05) is 0 Å². The highest BCUT2D eigenvalue weighted by Crippen LogP contribution is 2.29. The van der Waals surface area contributed by atoms with E-state index in [-0.39, 0.29) is 12.0 Å². The van der Waals surface area contributed by atoms with Gasteiger partial charge in [-0.3, -0.25) is 0 Å². The fraction of sp³-hybridized carbons (Fsp3) is 0.571. The lowest BCUT2D eigenvalue weighted by atomic mass is 10.0. The number of aliphatic hydroxyl groups is 1. The van der Waals surface area contributed by atoms with Gasteiger partial charge in [0.25, 0.3) is 0 Å². The Hall–Kier alpha value is -1.05. The average molecular weight is 319 g/mol. The molecule has 0 bridgehead atoms. The van der Waals surface area contributed by atoms with Crippen molar-refractivity contribution in [2.75, 3.05) is 0 Å². The maximum Gasteiger partial charge on any atom is 0.243 e. The normalized spacial score (nSPS) is 18.1. The number of sulfonamides is 1. The number of nitrogens with one attached hydrogen (secondary N) is 1. The van der Waals surface area contributed by atoms with E-state index >= 15 is 0 Å². The Morgan fingerprint density at radius 1 is 1.33 bits per heavy atom. The lowest BCUT2D eigenvalue weighted by Gasteiger charge is -2.20. The minimum absolute atomic E-state index is 0.237. The predicted molar refractivity (Wildman–Crippen MR) is 74.0 cm³/mol. The smallest absolute Gasteiger partial charge is 0.243 e. The Morgan fingerprint density at radius 2 is 1.95 bits per heavy atom. The molecule has 0 heterocycles. The lowest BCUT2D eigenvalue weighted by molar-refractivity contribution is 0.267. The standard InChI is InChI=1S/C14H19F2NO3S/c1-9(10-4-2-3-5-10)17-21(19,20)13-7-6-12(15)11(8-18)14(13)16/h6-7,9-10,17-18H,2-5,8H2,1H3. The van der Waals surface area contributed by atoms with Crippen LogP contribution in [0.1, 0.15) is 38.2 Å². The molecule has 1 fully saturated rings. The number of halogens is 2. The fourth-order valence-corrected chi connectivity index (χ4v) is 4.21. The maximum absolute atomic E-state index is 14.0. The van der Waals surface area contributed by atoms with Crippen LogP contribution in [0, 0.1) is 17.6 Å². The lowest BCUT2D eigenvalue weighted by Crippen LogP contribution is -2.37. The summed E-state index contributed by atoms with van der Waals surface area (Å²) in [6.45, 7) is 0.862. The van der Waals surface area contributed by atoms with Crippen molar-refractivity contribution in [3.8, 4) is 0 Å². The number of rotatable bonds is 5. The summed E-state index contributed by atoms with van der Waals surface area (Å²) in [7, 11) is -4.08. The largest absolute Gasteiger partial charge is 0.391 e. The molecule has 1 aromatic rings. The molecule has 0 radical (unpaired) electrons. The molecule has 1 aliphatic carbocycles. The molecule has 0 aromatic heterocycles. The molecule has 1 aromatic carbocycles. The molecule has 1 aliphatic rings. The molecule has 2 N–H and O–H groups in total. The monoisotopic (exact) mass is 319 g/mol. The molecule has 0 saturated heterocycles. The van der Waals surface area contributed by atoms with Crippen LogP contribution in [0.5, 0.6) is 0 Å². The van der Waals surface area contributed by atoms with Crippen LogP contribution in [0.15, 0.2) is 17.0 Å². The first-order chi connectivity index (χ1) is 9.86. The van der Waals surface area contributed by atoms with Gasteiger partial charge in [-0.15, -0.1) is 0 Å². The molecule has 1 atom stereocenters. The molecule has 0 amide bonds. The van der Waals surface area contributed by atoms with Crippen LogP contribution in [0.25, 0.3) is 0 Å². The van der Waals surface area contributed by atoms with Gasteiger partial charge in [0, 0.05) is 6.04 Å². The Balaban J connectivity index is 2.27. The first kappa shape index (κ1) is 16.3. The van der Waals surface area contributed by atoms with Gasteiger partial charge in [0.1, 0.15) is 10.7 Å². The fourth-order valence-electron chi connectivity index (χ4n) is 2.79. The molecule has 4 nitrogen and oxygen atoms in total. The van der Waals surface area contributed by atoms with Crippen molar-refractivity contribution in [2.24, 2.45) is 5.92 Å². The van der Waals surface area contributed by atoms with Gasteiger partial charge in [0.05, 0.1) is 12.2 Å². The number of aliphatic hydroxyl groups excluding tert-OH is 1. The van der Waals surface area contributed by atoms with Crippen molar-refractivity contribution in [1.82, 2.24) is 4.72 Å². The Labute approximate surface area is 123 Å². The summed E-state index contributed by atoms with van der Waals surface area (Å²) >= 11 is 0. The molecular weight excluding hydrogens is 300 g/mol. The highest BCUT2D eigenvalue weighted by molar-refractivity contribution is 7.89. The minimum atomic E-state index is -4.08. The van der Waals surface area contributed by atoms with Gasteiger partial charge >= 0.3 is 0 Å². The van der Waals surface area contributed by atoms with Crippen LogP contribution >= 0.6 is 0 Å². The Bertz CT molecular complexity index is 613. The third-order valence-corrected chi connectivity index (χ3v) is 5.62. The van der Waals surface area contributed by atoms with E-state index in [9.17, 15) is 17.2 Å². The van der Waals surface area contributed by atoms with Gasteiger partial charge < -0.3 is 5.11 Å². The molecular formula is C14H19F2NO3S. The average Bonchev–Trinajstić information content (AvgIpc) is 2.92. The minimum Gasteiger partial charge on any atom is -0.391 e. The molecule has 1 unspecified atom stereocenters. The molecule has 7 heteroatoms. The summed E-state index contributed by atoms with van der Waals surface area (Å²) in [6, 6.07) is 1.43. The van der Waals surface area contributed by atoms with E-state index in [1.54, 1.807) is 6.92 Å². The van der Waals surface area contributed by atoms with Crippen molar-refractivity contribution in [3.05, 3.63) is 29.3 Å². The highest BCUT2D eigenvalue weighted by Gasteiger charge is 2.29. The van der Waals surface area contributed by atoms with Crippen LogP contribution in [0.3, 0.4) is 0 Å². The highest BCUT2D eigenvalue weighted by atomic mass is 32.2. The zero-order valence-corrected chi connectivity index (χ0v) is 12.6. The SMILES string of the molecule is CC(NS(=O)(=O)c1ccc(F)c(CO)c1F)C1CCCC1. The molecule has 21 heavy (non-hydrogen) atoms. The van der Waals surface area contributed by atoms with E-state index in [1.165, 1.54) is 0 Å². The first-order valence-corrected chi connectivity index (χ1v) is 8.45. The summed E-state index contributed by atoms with van der Waals surface area (Å²) < 4.78 is 54.3. The van der Waals surface area contributed by atoms with E-state index in [2.05, 4.69) is 4.72 Å².